The molecule has 1 saturated heterocycles. The van der Waals surface area contributed by atoms with Gasteiger partial charge >= 0.3 is 0 Å². The zero-order chi connectivity index (χ0) is 25.9. The predicted octanol–water partition coefficient (Wildman–Crippen LogP) is 5.34. The quantitative estimate of drug-likeness (QED) is 0.248. The lowest BCUT2D eigenvalue weighted by Gasteiger charge is -2.32. The van der Waals surface area contributed by atoms with Crippen molar-refractivity contribution in [1.29, 1.82) is 5.41 Å². The molecule has 1 aliphatic rings. The number of ketones is 1. The summed E-state index contributed by atoms with van der Waals surface area (Å²) in [5, 5.41) is 17.1. The van der Waals surface area contributed by atoms with E-state index in [9.17, 15) is 4.79 Å². The molecule has 4 heterocycles. The molecule has 1 N–H and O–H groups in total. The number of pyridine rings is 1. The van der Waals surface area contributed by atoms with Crippen molar-refractivity contribution in [2.75, 3.05) is 18.0 Å². The zero-order valence-electron chi connectivity index (χ0n) is 21.0. The third-order valence-electron chi connectivity index (χ3n) is 6.92. The average molecular weight is 517 g/mol. The Balaban J connectivity index is 1.30. The van der Waals surface area contributed by atoms with Gasteiger partial charge in [-0.1, -0.05) is 42.8 Å². The second-order valence-electron chi connectivity index (χ2n) is 9.31. The van der Waals surface area contributed by atoms with Crippen molar-refractivity contribution in [2.24, 2.45) is 0 Å². The summed E-state index contributed by atoms with van der Waals surface area (Å²) >= 11 is 6.54. The van der Waals surface area contributed by atoms with E-state index >= 15 is 0 Å². The van der Waals surface area contributed by atoms with Crippen molar-refractivity contribution in [3.63, 3.8) is 0 Å². The van der Waals surface area contributed by atoms with Gasteiger partial charge in [-0.3, -0.25) is 9.78 Å². The molecule has 0 spiro atoms. The fourth-order valence-corrected chi connectivity index (χ4v) is 4.85. The number of hydrogen-bond acceptors (Lipinski definition) is 8. The monoisotopic (exact) mass is 516 g/mol. The number of Topliss-reactive ketones (excluding diaryl/α,β-unsaturated/α-hetero) is 1. The summed E-state index contributed by atoms with van der Waals surface area (Å²) < 4.78 is 1.97. The second-order valence-corrected chi connectivity index (χ2v) is 9.71. The van der Waals surface area contributed by atoms with Crippen molar-refractivity contribution in [3.05, 3.63) is 59.0 Å². The third-order valence-corrected chi connectivity index (χ3v) is 7.23. The number of aromatic nitrogens is 6. The number of aryl methyl sites for hydroxylation is 1. The molecule has 190 valence electrons. The van der Waals surface area contributed by atoms with Crippen LogP contribution in [0.1, 0.15) is 61.5 Å². The summed E-state index contributed by atoms with van der Waals surface area (Å²) in [4.78, 5) is 28.3. The van der Waals surface area contributed by atoms with Crippen LogP contribution in [-0.4, -0.2) is 54.5 Å². The number of benzene rings is 1. The molecule has 37 heavy (non-hydrogen) atoms. The van der Waals surface area contributed by atoms with Crippen LogP contribution in [0.4, 0.5) is 5.95 Å². The minimum atomic E-state index is -0.109. The molecule has 0 bridgehead atoms. The summed E-state index contributed by atoms with van der Waals surface area (Å²) in [5.41, 5.74) is 5.07. The Bertz CT molecular complexity index is 1440. The molecule has 9 nitrogen and oxygen atoms in total. The molecule has 0 saturated carbocycles. The number of nitrogens with one attached hydrogen (secondary N) is 1. The number of halogens is 1. The van der Waals surface area contributed by atoms with Gasteiger partial charge in [0.05, 0.1) is 23.0 Å². The lowest BCUT2D eigenvalue weighted by molar-refractivity contribution is 0.1000. The first-order valence-electron chi connectivity index (χ1n) is 12.6. The Kier molecular flexibility index (Phi) is 7.23. The van der Waals surface area contributed by atoms with Crippen LogP contribution in [-0.2, 0) is 6.42 Å². The van der Waals surface area contributed by atoms with E-state index in [1.807, 2.05) is 30.1 Å². The Hall–Kier alpha value is -3.72. The van der Waals surface area contributed by atoms with Gasteiger partial charge in [0, 0.05) is 48.7 Å². The van der Waals surface area contributed by atoms with Crippen molar-refractivity contribution < 1.29 is 4.79 Å². The maximum Gasteiger partial charge on any atom is 0.225 e. The van der Waals surface area contributed by atoms with Gasteiger partial charge < -0.3 is 10.3 Å². The lowest BCUT2D eigenvalue weighted by atomic mass is 10.0. The number of nitrogens with zero attached hydrogens (tertiary/aromatic N) is 7. The van der Waals surface area contributed by atoms with Gasteiger partial charge in [0.1, 0.15) is 11.0 Å². The highest BCUT2D eigenvalue weighted by atomic mass is 35.5. The number of rotatable bonds is 8. The van der Waals surface area contributed by atoms with E-state index < -0.39 is 0 Å². The molecule has 0 amide bonds. The largest absolute Gasteiger partial charge is 0.341 e. The van der Waals surface area contributed by atoms with Crippen LogP contribution in [0.3, 0.4) is 0 Å². The van der Waals surface area contributed by atoms with Gasteiger partial charge in [-0.15, -0.1) is 5.10 Å². The van der Waals surface area contributed by atoms with Gasteiger partial charge in [0.25, 0.3) is 0 Å². The molecule has 1 fully saturated rings. The number of carbonyl (C=O) groups is 1. The van der Waals surface area contributed by atoms with Crippen LogP contribution in [0.5, 0.6) is 0 Å². The molecule has 5 rings (SSSR count). The SMILES string of the molecule is CCC(=N)CC(=O)c1ccc(-c2cc3nnn(C4CCN(c5ncc(CC)cn5)CC4)c3cn2)c(Cl)c1. The highest BCUT2D eigenvalue weighted by Crippen LogP contribution is 2.31. The Labute approximate surface area is 220 Å². The van der Waals surface area contributed by atoms with E-state index in [2.05, 4.69) is 37.1 Å². The third kappa shape index (κ3) is 5.22. The number of fused-ring (bicyclic) bond motifs is 1. The fourth-order valence-electron chi connectivity index (χ4n) is 4.58. The van der Waals surface area contributed by atoms with Gasteiger partial charge in [-0.05, 0) is 43.4 Å². The standard InChI is InChI=1S/C27H29ClN8O/c1-3-17-14-31-27(32-15-17)35-9-7-20(8-10-35)36-25-16-30-23(13-24(25)33-34-36)21-6-5-18(11-22(21)28)26(37)12-19(29)4-2/h5-6,11,13-16,20,29H,3-4,7-10,12H2,1-2H3. The molecule has 0 radical (unpaired) electrons. The number of piperidine rings is 1. The molecule has 1 aliphatic heterocycles. The van der Waals surface area contributed by atoms with Crippen LogP contribution in [0.15, 0.2) is 42.9 Å². The fraction of sp³-hybridized carbons (Fsp3) is 0.370. The molecule has 0 aliphatic carbocycles. The minimum absolute atomic E-state index is 0.108. The first-order valence-corrected chi connectivity index (χ1v) is 13.0. The van der Waals surface area contributed by atoms with E-state index in [1.54, 1.807) is 24.4 Å². The van der Waals surface area contributed by atoms with Crippen LogP contribution >= 0.6 is 11.6 Å². The molecule has 10 heteroatoms. The highest BCUT2D eigenvalue weighted by Gasteiger charge is 2.25. The van der Waals surface area contributed by atoms with Crippen LogP contribution in [0, 0.1) is 5.41 Å². The van der Waals surface area contributed by atoms with Crippen LogP contribution in [0.25, 0.3) is 22.3 Å². The lowest BCUT2D eigenvalue weighted by Crippen LogP contribution is -2.36. The van der Waals surface area contributed by atoms with E-state index in [4.69, 9.17) is 17.0 Å². The summed E-state index contributed by atoms with van der Waals surface area (Å²) in [6.45, 7) is 5.66. The minimum Gasteiger partial charge on any atom is -0.341 e. The first-order chi connectivity index (χ1) is 18.0. The van der Waals surface area contributed by atoms with Gasteiger partial charge in [-0.25, -0.2) is 14.6 Å². The molecule has 0 atom stereocenters. The van der Waals surface area contributed by atoms with Crippen molar-refractivity contribution in [2.45, 2.75) is 52.0 Å². The van der Waals surface area contributed by atoms with E-state index in [0.717, 1.165) is 60.5 Å². The van der Waals surface area contributed by atoms with E-state index in [1.165, 1.54) is 0 Å². The number of carbonyl (C=O) groups excluding carboxylic acids is 1. The second kappa shape index (κ2) is 10.7. The van der Waals surface area contributed by atoms with Gasteiger partial charge in [0.2, 0.25) is 5.95 Å². The zero-order valence-corrected chi connectivity index (χ0v) is 21.7. The predicted molar refractivity (Wildman–Crippen MR) is 145 cm³/mol. The van der Waals surface area contributed by atoms with E-state index in [-0.39, 0.29) is 18.2 Å². The summed E-state index contributed by atoms with van der Waals surface area (Å²) in [5.74, 6) is 0.667. The smallest absolute Gasteiger partial charge is 0.225 e. The topological polar surface area (TPSA) is 114 Å². The molecule has 4 aromatic rings. The van der Waals surface area contributed by atoms with Crippen LogP contribution in [0.2, 0.25) is 5.02 Å². The van der Waals surface area contributed by atoms with Gasteiger partial charge in [-0.2, -0.15) is 0 Å². The Morgan fingerprint density at radius 1 is 1.08 bits per heavy atom. The van der Waals surface area contributed by atoms with Crippen molar-refractivity contribution >= 4 is 40.1 Å². The maximum atomic E-state index is 12.4. The van der Waals surface area contributed by atoms with E-state index in [0.29, 0.717) is 28.4 Å². The Morgan fingerprint density at radius 3 is 2.51 bits per heavy atom. The number of hydrogen-bond donors (Lipinski definition) is 1. The maximum absolute atomic E-state index is 12.4. The molecular formula is C27H29ClN8O. The number of anilines is 1. The molecule has 1 aromatic carbocycles. The van der Waals surface area contributed by atoms with Crippen LogP contribution < -0.4 is 4.90 Å². The average Bonchev–Trinajstić information content (AvgIpc) is 3.36. The highest BCUT2D eigenvalue weighted by molar-refractivity contribution is 6.33. The summed E-state index contributed by atoms with van der Waals surface area (Å²) in [6.07, 6.45) is 9.02. The van der Waals surface area contributed by atoms with Crippen molar-refractivity contribution in [3.8, 4) is 11.3 Å². The summed E-state index contributed by atoms with van der Waals surface area (Å²) in [7, 11) is 0. The van der Waals surface area contributed by atoms with Crippen molar-refractivity contribution in [1.82, 2.24) is 29.9 Å². The normalized spacial score (nSPS) is 14.3. The first kappa shape index (κ1) is 25.0. The molecular weight excluding hydrogens is 488 g/mol. The van der Waals surface area contributed by atoms with Gasteiger partial charge in [0.15, 0.2) is 5.78 Å². The summed E-state index contributed by atoms with van der Waals surface area (Å²) in [6, 6.07) is 7.29. The Morgan fingerprint density at radius 2 is 1.84 bits per heavy atom. The molecule has 0 unspecified atom stereocenters. The molecule has 3 aromatic heterocycles.